The molecular formula is C15H19N3O3S. The van der Waals surface area contributed by atoms with E-state index in [1.54, 1.807) is 18.2 Å². The SMILES string of the molecule is CC1CCN(S(=O)(=O)c2cccc3c(=O)[nH]ccc23)C(N)C1. The van der Waals surface area contributed by atoms with Gasteiger partial charge in [-0.15, -0.1) is 0 Å². The lowest BCUT2D eigenvalue weighted by Gasteiger charge is -2.35. The summed E-state index contributed by atoms with van der Waals surface area (Å²) in [6.07, 6.45) is 2.37. The summed E-state index contributed by atoms with van der Waals surface area (Å²) in [5.41, 5.74) is 5.75. The van der Waals surface area contributed by atoms with Crippen LogP contribution >= 0.6 is 0 Å². The standard InChI is InChI=1S/C15H19N3O3S/c1-10-6-8-18(14(16)9-10)22(20,21)13-4-2-3-12-11(13)5-7-17-15(12)19/h2-5,7,10,14H,6,8-9,16H2,1H3,(H,17,19). The van der Waals surface area contributed by atoms with Crippen LogP contribution in [0.25, 0.3) is 10.8 Å². The van der Waals surface area contributed by atoms with Crippen molar-refractivity contribution >= 4 is 20.8 Å². The Hall–Kier alpha value is -1.70. The summed E-state index contributed by atoms with van der Waals surface area (Å²) >= 11 is 0. The normalized spacial score (nSPS) is 23.7. The van der Waals surface area contributed by atoms with Gasteiger partial charge in [0, 0.05) is 23.5 Å². The van der Waals surface area contributed by atoms with E-state index in [1.807, 2.05) is 0 Å². The molecule has 0 radical (unpaired) electrons. The van der Waals surface area contributed by atoms with Crippen LogP contribution in [0.3, 0.4) is 0 Å². The highest BCUT2D eigenvalue weighted by molar-refractivity contribution is 7.89. The average molecular weight is 321 g/mol. The number of sulfonamides is 1. The molecule has 1 saturated heterocycles. The van der Waals surface area contributed by atoms with Gasteiger partial charge < -0.3 is 10.7 Å². The molecule has 3 rings (SSSR count). The second kappa shape index (κ2) is 5.49. The summed E-state index contributed by atoms with van der Waals surface area (Å²) in [4.78, 5) is 14.6. The number of hydrogen-bond acceptors (Lipinski definition) is 4. The quantitative estimate of drug-likeness (QED) is 0.869. The number of piperidine rings is 1. The van der Waals surface area contributed by atoms with Crippen LogP contribution < -0.4 is 11.3 Å². The number of nitrogens with zero attached hydrogens (tertiary/aromatic N) is 1. The first-order chi connectivity index (χ1) is 10.4. The van der Waals surface area contributed by atoms with E-state index in [0.29, 0.717) is 29.7 Å². The van der Waals surface area contributed by atoms with Crippen molar-refractivity contribution in [1.82, 2.24) is 9.29 Å². The Labute approximate surface area is 129 Å². The summed E-state index contributed by atoms with van der Waals surface area (Å²) < 4.78 is 27.3. The summed E-state index contributed by atoms with van der Waals surface area (Å²) in [6, 6.07) is 6.34. The van der Waals surface area contributed by atoms with Gasteiger partial charge in [0.2, 0.25) is 10.0 Å². The van der Waals surface area contributed by atoms with Crippen LogP contribution in [0.15, 0.2) is 40.2 Å². The Bertz CT molecular complexity index is 860. The number of fused-ring (bicyclic) bond motifs is 1. The van der Waals surface area contributed by atoms with Gasteiger partial charge in [-0.25, -0.2) is 8.42 Å². The molecule has 6 nitrogen and oxygen atoms in total. The molecule has 0 bridgehead atoms. The predicted octanol–water partition coefficient (Wildman–Crippen LogP) is 1.23. The van der Waals surface area contributed by atoms with Crippen molar-refractivity contribution in [3.63, 3.8) is 0 Å². The zero-order valence-electron chi connectivity index (χ0n) is 12.3. The Balaban J connectivity index is 2.14. The number of pyridine rings is 1. The minimum Gasteiger partial charge on any atom is -0.329 e. The molecule has 0 spiro atoms. The first kappa shape index (κ1) is 15.2. The summed E-state index contributed by atoms with van der Waals surface area (Å²) in [6.45, 7) is 2.48. The molecule has 0 saturated carbocycles. The van der Waals surface area contributed by atoms with E-state index < -0.39 is 16.2 Å². The van der Waals surface area contributed by atoms with Crippen LogP contribution in [0.5, 0.6) is 0 Å². The second-order valence-corrected chi connectivity index (χ2v) is 7.70. The van der Waals surface area contributed by atoms with Crippen LogP contribution in [0.2, 0.25) is 0 Å². The molecule has 0 amide bonds. The molecule has 0 aliphatic carbocycles. The highest BCUT2D eigenvalue weighted by Gasteiger charge is 2.34. The van der Waals surface area contributed by atoms with E-state index in [0.717, 1.165) is 6.42 Å². The van der Waals surface area contributed by atoms with Crippen LogP contribution in [0.4, 0.5) is 0 Å². The lowest BCUT2D eigenvalue weighted by molar-refractivity contribution is 0.211. The molecule has 1 aromatic carbocycles. The van der Waals surface area contributed by atoms with Crippen LogP contribution in [0, 0.1) is 5.92 Å². The Kier molecular flexibility index (Phi) is 3.80. The molecule has 7 heteroatoms. The highest BCUT2D eigenvalue weighted by atomic mass is 32.2. The van der Waals surface area contributed by atoms with E-state index in [1.165, 1.54) is 16.6 Å². The Morgan fingerprint density at radius 3 is 2.77 bits per heavy atom. The van der Waals surface area contributed by atoms with Crippen molar-refractivity contribution in [3.8, 4) is 0 Å². The molecule has 118 valence electrons. The molecule has 1 aromatic heterocycles. The van der Waals surface area contributed by atoms with Crippen LogP contribution in [-0.4, -0.2) is 30.4 Å². The maximum atomic E-state index is 13.0. The fourth-order valence-electron chi connectivity index (χ4n) is 3.00. The number of aromatic amines is 1. The largest absolute Gasteiger partial charge is 0.329 e. The van der Waals surface area contributed by atoms with Crippen LogP contribution in [-0.2, 0) is 10.0 Å². The van der Waals surface area contributed by atoms with Crippen molar-refractivity contribution in [2.45, 2.75) is 30.8 Å². The third-order valence-electron chi connectivity index (χ3n) is 4.22. The van der Waals surface area contributed by atoms with Gasteiger partial charge in [-0.3, -0.25) is 4.79 Å². The predicted molar refractivity (Wildman–Crippen MR) is 84.8 cm³/mol. The maximum absolute atomic E-state index is 13.0. The first-order valence-corrected chi connectivity index (χ1v) is 8.73. The molecule has 2 heterocycles. The van der Waals surface area contributed by atoms with E-state index >= 15 is 0 Å². The monoisotopic (exact) mass is 321 g/mol. The van der Waals surface area contributed by atoms with E-state index in [9.17, 15) is 13.2 Å². The fraction of sp³-hybridized carbons (Fsp3) is 0.400. The molecule has 2 aromatic rings. The Morgan fingerprint density at radius 2 is 2.05 bits per heavy atom. The summed E-state index contributed by atoms with van der Waals surface area (Å²) in [5.74, 6) is 0.414. The number of nitrogens with one attached hydrogen (secondary N) is 1. The first-order valence-electron chi connectivity index (χ1n) is 7.29. The van der Waals surface area contributed by atoms with Gasteiger partial charge in [-0.2, -0.15) is 4.31 Å². The number of rotatable bonds is 2. The molecule has 2 atom stereocenters. The molecule has 1 aliphatic rings. The van der Waals surface area contributed by atoms with E-state index in [4.69, 9.17) is 5.73 Å². The molecule has 3 N–H and O–H groups in total. The van der Waals surface area contributed by atoms with Crippen molar-refractivity contribution in [3.05, 3.63) is 40.8 Å². The third-order valence-corrected chi connectivity index (χ3v) is 6.20. The molecule has 2 unspecified atom stereocenters. The van der Waals surface area contributed by atoms with Crippen LogP contribution in [0.1, 0.15) is 19.8 Å². The van der Waals surface area contributed by atoms with Crippen molar-refractivity contribution in [2.24, 2.45) is 11.7 Å². The smallest absolute Gasteiger partial charge is 0.255 e. The van der Waals surface area contributed by atoms with Gasteiger partial charge in [0.05, 0.1) is 11.1 Å². The van der Waals surface area contributed by atoms with Gasteiger partial charge in [0.25, 0.3) is 5.56 Å². The summed E-state index contributed by atoms with van der Waals surface area (Å²) in [7, 11) is -3.72. The average Bonchev–Trinajstić information content (AvgIpc) is 2.46. The highest BCUT2D eigenvalue weighted by Crippen LogP contribution is 2.29. The number of benzene rings is 1. The number of aromatic nitrogens is 1. The third kappa shape index (κ3) is 2.45. The van der Waals surface area contributed by atoms with Gasteiger partial charge >= 0.3 is 0 Å². The zero-order chi connectivity index (χ0) is 15.9. The van der Waals surface area contributed by atoms with Gasteiger partial charge in [-0.05, 0) is 37.0 Å². The van der Waals surface area contributed by atoms with Crippen molar-refractivity contribution in [1.29, 1.82) is 0 Å². The minimum atomic E-state index is -3.72. The zero-order valence-corrected chi connectivity index (χ0v) is 13.1. The van der Waals surface area contributed by atoms with Gasteiger partial charge in [0.15, 0.2) is 0 Å². The lowest BCUT2D eigenvalue weighted by Crippen LogP contribution is -2.50. The number of nitrogens with two attached hydrogens (primary N) is 1. The number of H-pyrrole nitrogens is 1. The van der Waals surface area contributed by atoms with E-state index in [2.05, 4.69) is 11.9 Å². The molecular weight excluding hydrogens is 302 g/mol. The fourth-order valence-corrected chi connectivity index (χ4v) is 4.75. The molecule has 22 heavy (non-hydrogen) atoms. The van der Waals surface area contributed by atoms with Gasteiger partial charge in [-0.1, -0.05) is 13.0 Å². The number of hydrogen-bond donors (Lipinski definition) is 2. The molecule has 1 fully saturated rings. The van der Waals surface area contributed by atoms with E-state index in [-0.39, 0.29) is 10.5 Å². The maximum Gasteiger partial charge on any atom is 0.255 e. The van der Waals surface area contributed by atoms with Crippen molar-refractivity contribution < 1.29 is 8.42 Å². The lowest BCUT2D eigenvalue weighted by atomic mass is 9.99. The Morgan fingerprint density at radius 1 is 1.27 bits per heavy atom. The van der Waals surface area contributed by atoms with Gasteiger partial charge in [0.1, 0.15) is 0 Å². The van der Waals surface area contributed by atoms with Crippen molar-refractivity contribution in [2.75, 3.05) is 6.54 Å². The topological polar surface area (TPSA) is 96.3 Å². The minimum absolute atomic E-state index is 0.140. The second-order valence-electron chi connectivity index (χ2n) is 5.84. The molecule has 1 aliphatic heterocycles. The summed E-state index contributed by atoms with van der Waals surface area (Å²) in [5, 5.41) is 0.791.